The molecule has 1 aliphatic carbocycles. The fourth-order valence-corrected chi connectivity index (χ4v) is 3.52. The molecule has 1 saturated heterocycles. The molecule has 0 spiro atoms. The number of benzene rings is 1. The molecule has 2 heterocycles. The lowest BCUT2D eigenvalue weighted by Crippen LogP contribution is -2.45. The minimum atomic E-state index is -4.49. The minimum Gasteiger partial charge on any atom is -0.339 e. The van der Waals surface area contributed by atoms with Crippen LogP contribution >= 0.6 is 0 Å². The molecular formula is C20H23F3N4O. The van der Waals surface area contributed by atoms with Crippen molar-refractivity contribution in [2.75, 3.05) is 19.6 Å². The number of rotatable bonds is 5. The van der Waals surface area contributed by atoms with Crippen LogP contribution in [0.1, 0.15) is 41.7 Å². The molecule has 1 aromatic carbocycles. The Kier molecular flexibility index (Phi) is 5.14. The zero-order valence-corrected chi connectivity index (χ0v) is 15.5. The van der Waals surface area contributed by atoms with Crippen molar-refractivity contribution in [2.45, 2.75) is 37.9 Å². The van der Waals surface area contributed by atoms with Crippen LogP contribution in [0.3, 0.4) is 0 Å². The van der Waals surface area contributed by atoms with Gasteiger partial charge < -0.3 is 10.2 Å². The predicted molar refractivity (Wildman–Crippen MR) is 98.2 cm³/mol. The number of carbonyl (C=O) groups is 1. The standard InChI is InChI=1S/C20H23F3N4O/c21-20(22,23)18-8-11-27(25-18)17-3-1-2-15(12-17)19(28)26-9-6-16(7-10-26)24-13-14-4-5-14/h1-3,8,11-12,14,16,24H,4-7,9-10,13H2. The molecule has 0 bridgehead atoms. The van der Waals surface area contributed by atoms with Gasteiger partial charge in [0.1, 0.15) is 0 Å². The first-order chi connectivity index (χ1) is 13.4. The van der Waals surface area contributed by atoms with Gasteiger partial charge in [0, 0.05) is 30.9 Å². The third-order valence-corrected chi connectivity index (χ3v) is 5.41. The van der Waals surface area contributed by atoms with Crippen molar-refractivity contribution >= 4 is 5.91 Å². The van der Waals surface area contributed by atoms with E-state index < -0.39 is 11.9 Å². The van der Waals surface area contributed by atoms with Crippen molar-refractivity contribution in [2.24, 2.45) is 5.92 Å². The Hall–Kier alpha value is -2.35. The maximum Gasteiger partial charge on any atom is 0.435 e. The zero-order chi connectivity index (χ0) is 19.7. The lowest BCUT2D eigenvalue weighted by Gasteiger charge is -2.32. The Balaban J connectivity index is 1.40. The summed E-state index contributed by atoms with van der Waals surface area (Å²) in [5, 5.41) is 7.16. The van der Waals surface area contributed by atoms with Gasteiger partial charge in [-0.25, -0.2) is 4.68 Å². The van der Waals surface area contributed by atoms with Gasteiger partial charge in [0.15, 0.2) is 5.69 Å². The van der Waals surface area contributed by atoms with Crippen LogP contribution in [-0.4, -0.2) is 46.3 Å². The quantitative estimate of drug-likeness (QED) is 0.848. The molecule has 1 amide bonds. The number of hydrogen-bond acceptors (Lipinski definition) is 3. The molecule has 0 atom stereocenters. The van der Waals surface area contributed by atoms with E-state index in [0.29, 0.717) is 30.4 Å². The molecule has 2 fully saturated rings. The van der Waals surface area contributed by atoms with E-state index in [4.69, 9.17) is 0 Å². The number of nitrogens with one attached hydrogen (secondary N) is 1. The highest BCUT2D eigenvalue weighted by atomic mass is 19.4. The van der Waals surface area contributed by atoms with Crippen molar-refractivity contribution in [3.63, 3.8) is 0 Å². The number of piperidine rings is 1. The number of aromatic nitrogens is 2. The smallest absolute Gasteiger partial charge is 0.339 e. The number of nitrogens with zero attached hydrogens (tertiary/aromatic N) is 3. The fourth-order valence-electron chi connectivity index (χ4n) is 3.52. The summed E-state index contributed by atoms with van der Waals surface area (Å²) in [6.07, 6.45) is 1.25. The molecule has 0 unspecified atom stereocenters. The number of carbonyl (C=O) groups excluding carboxylic acids is 1. The Bertz CT molecular complexity index is 836. The highest BCUT2D eigenvalue weighted by Crippen LogP contribution is 2.29. The molecule has 8 heteroatoms. The summed E-state index contributed by atoms with van der Waals surface area (Å²) >= 11 is 0. The van der Waals surface area contributed by atoms with Crippen molar-refractivity contribution in [3.8, 4) is 5.69 Å². The van der Waals surface area contributed by atoms with E-state index in [2.05, 4.69) is 10.4 Å². The number of alkyl halides is 3. The van der Waals surface area contributed by atoms with Gasteiger partial charge in [-0.1, -0.05) is 6.07 Å². The molecule has 2 aromatic rings. The number of halogens is 3. The highest BCUT2D eigenvalue weighted by Gasteiger charge is 2.33. The second-order valence-electron chi connectivity index (χ2n) is 7.61. The van der Waals surface area contributed by atoms with Gasteiger partial charge in [0.25, 0.3) is 5.91 Å². The van der Waals surface area contributed by atoms with Gasteiger partial charge in [-0.3, -0.25) is 4.79 Å². The number of hydrogen-bond donors (Lipinski definition) is 1. The maximum absolute atomic E-state index is 12.8. The van der Waals surface area contributed by atoms with Crippen LogP contribution in [0.2, 0.25) is 0 Å². The largest absolute Gasteiger partial charge is 0.435 e. The third kappa shape index (κ3) is 4.38. The van der Waals surface area contributed by atoms with Gasteiger partial charge in [0.05, 0.1) is 5.69 Å². The maximum atomic E-state index is 12.8. The van der Waals surface area contributed by atoms with E-state index in [0.717, 1.165) is 36.1 Å². The van der Waals surface area contributed by atoms with E-state index in [1.165, 1.54) is 19.0 Å². The Morgan fingerprint density at radius 1 is 1.14 bits per heavy atom. The van der Waals surface area contributed by atoms with Crippen LogP contribution in [0, 0.1) is 5.92 Å². The summed E-state index contributed by atoms with van der Waals surface area (Å²) in [5.41, 5.74) is -0.0571. The molecular weight excluding hydrogens is 369 g/mol. The summed E-state index contributed by atoms with van der Waals surface area (Å²) < 4.78 is 39.4. The first-order valence-corrected chi connectivity index (χ1v) is 9.66. The summed E-state index contributed by atoms with van der Waals surface area (Å²) in [6, 6.07) is 7.97. The fraction of sp³-hybridized carbons (Fsp3) is 0.500. The molecule has 1 N–H and O–H groups in total. The van der Waals surface area contributed by atoms with Crippen molar-refractivity contribution in [3.05, 3.63) is 47.8 Å². The molecule has 1 aliphatic heterocycles. The predicted octanol–water partition coefficient (Wildman–Crippen LogP) is 3.50. The van der Waals surface area contributed by atoms with Crippen molar-refractivity contribution < 1.29 is 18.0 Å². The van der Waals surface area contributed by atoms with Gasteiger partial charge in [-0.2, -0.15) is 18.3 Å². The average molecular weight is 392 g/mol. The molecule has 5 nitrogen and oxygen atoms in total. The second-order valence-corrected chi connectivity index (χ2v) is 7.61. The van der Waals surface area contributed by atoms with E-state index in [-0.39, 0.29) is 5.91 Å². The number of likely N-dealkylation sites (tertiary alicyclic amines) is 1. The summed E-state index contributed by atoms with van der Waals surface area (Å²) in [7, 11) is 0. The Morgan fingerprint density at radius 2 is 1.89 bits per heavy atom. The van der Waals surface area contributed by atoms with Gasteiger partial charge in [0.2, 0.25) is 0 Å². The number of amides is 1. The molecule has 28 heavy (non-hydrogen) atoms. The third-order valence-electron chi connectivity index (χ3n) is 5.41. The highest BCUT2D eigenvalue weighted by molar-refractivity contribution is 5.94. The first-order valence-electron chi connectivity index (χ1n) is 9.66. The molecule has 0 radical (unpaired) electrons. The Labute approximate surface area is 161 Å². The second kappa shape index (κ2) is 7.58. The minimum absolute atomic E-state index is 0.0920. The summed E-state index contributed by atoms with van der Waals surface area (Å²) in [4.78, 5) is 14.6. The van der Waals surface area contributed by atoms with Crippen molar-refractivity contribution in [1.29, 1.82) is 0 Å². The van der Waals surface area contributed by atoms with Crippen LogP contribution in [0.25, 0.3) is 5.69 Å². The van der Waals surface area contributed by atoms with Crippen molar-refractivity contribution in [1.82, 2.24) is 20.0 Å². The van der Waals surface area contributed by atoms with E-state index in [1.807, 2.05) is 4.90 Å². The van der Waals surface area contributed by atoms with Crippen LogP contribution in [0.15, 0.2) is 36.5 Å². The lowest BCUT2D eigenvalue weighted by atomic mass is 10.0. The Morgan fingerprint density at radius 3 is 2.54 bits per heavy atom. The summed E-state index contributed by atoms with van der Waals surface area (Å²) in [5.74, 6) is 0.744. The summed E-state index contributed by atoms with van der Waals surface area (Å²) in [6.45, 7) is 2.45. The van der Waals surface area contributed by atoms with Crippen LogP contribution in [-0.2, 0) is 6.18 Å². The zero-order valence-electron chi connectivity index (χ0n) is 15.5. The van der Waals surface area contributed by atoms with E-state index >= 15 is 0 Å². The topological polar surface area (TPSA) is 50.2 Å². The van der Waals surface area contributed by atoms with Crippen LogP contribution < -0.4 is 5.32 Å². The first kappa shape index (κ1) is 19.0. The normalized spacial score (nSPS) is 18.5. The van der Waals surface area contributed by atoms with Gasteiger partial charge in [-0.05, 0) is 62.4 Å². The van der Waals surface area contributed by atoms with Crippen LogP contribution in [0.5, 0.6) is 0 Å². The SMILES string of the molecule is O=C(c1cccc(-n2ccc(C(F)(F)F)n2)c1)N1CCC(NCC2CC2)CC1. The van der Waals surface area contributed by atoms with E-state index in [1.54, 1.807) is 24.3 Å². The molecule has 150 valence electrons. The van der Waals surface area contributed by atoms with Gasteiger partial charge in [-0.15, -0.1) is 0 Å². The molecule has 2 aliphatic rings. The lowest BCUT2D eigenvalue weighted by molar-refractivity contribution is -0.141. The molecule has 1 saturated carbocycles. The van der Waals surface area contributed by atoms with Gasteiger partial charge >= 0.3 is 6.18 Å². The monoisotopic (exact) mass is 392 g/mol. The average Bonchev–Trinajstić information content (AvgIpc) is 3.38. The molecule has 4 rings (SSSR count). The molecule has 1 aromatic heterocycles. The van der Waals surface area contributed by atoms with E-state index in [9.17, 15) is 18.0 Å². The van der Waals surface area contributed by atoms with Crippen LogP contribution in [0.4, 0.5) is 13.2 Å².